The highest BCUT2D eigenvalue weighted by Crippen LogP contribution is 2.25. The lowest BCUT2D eigenvalue weighted by molar-refractivity contribution is -0.123. The molecule has 0 bridgehead atoms. The highest BCUT2D eigenvalue weighted by atomic mass is 35.5. The molecule has 0 fully saturated rings. The first-order valence-corrected chi connectivity index (χ1v) is 11.1. The summed E-state index contributed by atoms with van der Waals surface area (Å²) in [5.41, 5.74) is 0.925. The van der Waals surface area contributed by atoms with Crippen molar-refractivity contribution in [2.24, 2.45) is 0 Å². The molecule has 0 saturated carbocycles. The summed E-state index contributed by atoms with van der Waals surface area (Å²) < 4.78 is 7.04. The maximum absolute atomic E-state index is 12.8. The van der Waals surface area contributed by atoms with E-state index in [0.717, 1.165) is 31.5 Å². The highest BCUT2D eigenvalue weighted by molar-refractivity contribution is 6.36. The SMILES string of the molecule is C[C@@H](OC(=O)c1ccc2c(=O)n3c(nc2c1)CCCCC3)C(=O)Nc1ccc(Cl)cc1Cl. The third-order valence-corrected chi connectivity index (χ3v) is 5.94. The van der Waals surface area contributed by atoms with Crippen molar-refractivity contribution >= 4 is 51.7 Å². The number of aromatic nitrogens is 2. The molecule has 0 saturated heterocycles. The van der Waals surface area contributed by atoms with E-state index in [1.165, 1.54) is 25.1 Å². The number of hydrogen-bond donors (Lipinski definition) is 1. The number of nitrogens with zero attached hydrogens (tertiary/aromatic N) is 2. The molecule has 3 aromatic rings. The summed E-state index contributed by atoms with van der Waals surface area (Å²) in [5, 5.41) is 3.77. The molecule has 2 aromatic carbocycles. The van der Waals surface area contributed by atoms with Crippen molar-refractivity contribution in [3.8, 4) is 0 Å². The third-order valence-electron chi connectivity index (χ3n) is 5.39. The summed E-state index contributed by atoms with van der Waals surface area (Å²) in [6.07, 6.45) is 2.63. The molecular formula is C23H21Cl2N3O4. The first-order chi connectivity index (χ1) is 15.3. The van der Waals surface area contributed by atoms with Gasteiger partial charge in [0.2, 0.25) is 0 Å². The van der Waals surface area contributed by atoms with E-state index in [9.17, 15) is 14.4 Å². The third kappa shape index (κ3) is 4.64. The number of halogens is 2. The second kappa shape index (κ2) is 9.30. The Labute approximate surface area is 194 Å². The molecule has 1 N–H and O–H groups in total. The van der Waals surface area contributed by atoms with E-state index < -0.39 is 18.0 Å². The van der Waals surface area contributed by atoms with Crippen molar-refractivity contribution in [3.63, 3.8) is 0 Å². The normalized spacial score (nSPS) is 14.3. The van der Waals surface area contributed by atoms with Crippen LogP contribution >= 0.6 is 23.2 Å². The van der Waals surface area contributed by atoms with Gasteiger partial charge in [0.15, 0.2) is 6.10 Å². The van der Waals surface area contributed by atoms with Crippen molar-refractivity contribution in [1.29, 1.82) is 0 Å². The Morgan fingerprint density at radius 2 is 1.94 bits per heavy atom. The number of ether oxygens (including phenoxy) is 1. The second-order valence-corrected chi connectivity index (χ2v) is 8.53. The van der Waals surface area contributed by atoms with Gasteiger partial charge in [0.05, 0.1) is 27.2 Å². The molecule has 1 aliphatic heterocycles. The summed E-state index contributed by atoms with van der Waals surface area (Å²) in [5.74, 6) is -0.489. The van der Waals surface area contributed by atoms with Crippen molar-refractivity contribution in [2.45, 2.75) is 45.3 Å². The molecule has 32 heavy (non-hydrogen) atoms. The summed E-state index contributed by atoms with van der Waals surface area (Å²) >= 11 is 11.9. The first kappa shape index (κ1) is 22.3. The van der Waals surface area contributed by atoms with E-state index in [1.54, 1.807) is 22.8 Å². The molecule has 0 unspecified atom stereocenters. The number of rotatable bonds is 4. The lowest BCUT2D eigenvalue weighted by Crippen LogP contribution is -2.30. The number of hydrogen-bond acceptors (Lipinski definition) is 5. The summed E-state index contributed by atoms with van der Waals surface area (Å²) in [6.45, 7) is 2.12. The molecule has 1 aromatic heterocycles. The zero-order valence-electron chi connectivity index (χ0n) is 17.4. The Kier molecular flexibility index (Phi) is 6.48. The van der Waals surface area contributed by atoms with Crippen molar-refractivity contribution in [1.82, 2.24) is 9.55 Å². The summed E-state index contributed by atoms with van der Waals surface area (Å²) in [7, 11) is 0. The van der Waals surface area contributed by atoms with Gasteiger partial charge in [-0.1, -0.05) is 29.6 Å². The molecule has 7 nitrogen and oxygen atoms in total. The minimum Gasteiger partial charge on any atom is -0.449 e. The van der Waals surface area contributed by atoms with Crippen LogP contribution in [0.1, 0.15) is 42.4 Å². The average molecular weight is 474 g/mol. The van der Waals surface area contributed by atoms with Gasteiger partial charge in [-0.05, 0) is 56.2 Å². The molecular weight excluding hydrogens is 453 g/mol. The molecule has 0 spiro atoms. The van der Waals surface area contributed by atoms with Crippen LogP contribution in [0.2, 0.25) is 10.0 Å². The van der Waals surface area contributed by atoms with Gasteiger partial charge >= 0.3 is 5.97 Å². The number of fused-ring (bicyclic) bond motifs is 2. The van der Waals surface area contributed by atoms with Gasteiger partial charge in [-0.3, -0.25) is 14.2 Å². The van der Waals surface area contributed by atoms with Crippen LogP contribution in [0, 0.1) is 0 Å². The number of amides is 1. The Morgan fingerprint density at radius 1 is 1.12 bits per heavy atom. The van der Waals surface area contributed by atoms with Crippen LogP contribution in [0.25, 0.3) is 10.9 Å². The molecule has 166 valence electrons. The maximum Gasteiger partial charge on any atom is 0.338 e. The van der Waals surface area contributed by atoms with Crippen LogP contribution < -0.4 is 10.9 Å². The lowest BCUT2D eigenvalue weighted by atomic mass is 10.1. The van der Waals surface area contributed by atoms with E-state index >= 15 is 0 Å². The first-order valence-electron chi connectivity index (χ1n) is 10.3. The van der Waals surface area contributed by atoms with E-state index in [2.05, 4.69) is 10.3 Å². The zero-order chi connectivity index (χ0) is 22.8. The topological polar surface area (TPSA) is 90.3 Å². The number of carbonyl (C=O) groups is 2. The number of aryl methyl sites for hydroxylation is 1. The largest absolute Gasteiger partial charge is 0.449 e. The average Bonchev–Trinajstić information content (AvgIpc) is 3.01. The van der Waals surface area contributed by atoms with Gasteiger partial charge < -0.3 is 10.1 Å². The van der Waals surface area contributed by atoms with Crippen LogP contribution in [0.3, 0.4) is 0 Å². The molecule has 1 atom stereocenters. The zero-order valence-corrected chi connectivity index (χ0v) is 18.9. The van der Waals surface area contributed by atoms with Crippen LogP contribution in [-0.2, 0) is 22.5 Å². The maximum atomic E-state index is 12.8. The molecule has 0 radical (unpaired) electrons. The van der Waals surface area contributed by atoms with Gasteiger partial charge in [-0.2, -0.15) is 0 Å². The number of benzene rings is 2. The standard InChI is InChI=1S/C23H21Cl2N3O4/c1-13(21(29)27-18-9-7-15(24)12-17(18)25)32-23(31)14-6-8-16-19(11-14)26-20-5-3-2-4-10-28(20)22(16)30/h6-9,11-13H,2-5,10H2,1H3,(H,27,29)/t13-/m1/s1. The van der Waals surface area contributed by atoms with Crippen molar-refractivity contribution < 1.29 is 14.3 Å². The lowest BCUT2D eigenvalue weighted by Gasteiger charge is -2.15. The van der Waals surface area contributed by atoms with Crippen LogP contribution in [0.4, 0.5) is 5.69 Å². The van der Waals surface area contributed by atoms with Gasteiger partial charge in [0.1, 0.15) is 5.82 Å². The predicted molar refractivity (Wildman–Crippen MR) is 124 cm³/mol. The molecule has 4 rings (SSSR count). The van der Waals surface area contributed by atoms with E-state index in [1.807, 2.05) is 0 Å². The Morgan fingerprint density at radius 3 is 2.72 bits per heavy atom. The minimum absolute atomic E-state index is 0.0978. The van der Waals surface area contributed by atoms with E-state index in [4.69, 9.17) is 27.9 Å². The van der Waals surface area contributed by atoms with Crippen LogP contribution in [0.5, 0.6) is 0 Å². The monoisotopic (exact) mass is 473 g/mol. The van der Waals surface area contributed by atoms with Crippen LogP contribution in [-0.4, -0.2) is 27.5 Å². The van der Waals surface area contributed by atoms with Gasteiger partial charge in [-0.15, -0.1) is 0 Å². The predicted octanol–water partition coefficient (Wildman–Crippen LogP) is 4.61. The Balaban J connectivity index is 1.51. The molecule has 1 aliphatic rings. The van der Waals surface area contributed by atoms with E-state index in [-0.39, 0.29) is 16.1 Å². The molecule has 9 heteroatoms. The number of carbonyl (C=O) groups excluding carboxylic acids is 2. The van der Waals surface area contributed by atoms with E-state index in [0.29, 0.717) is 28.2 Å². The summed E-state index contributed by atoms with van der Waals surface area (Å²) in [6, 6.07) is 9.28. The summed E-state index contributed by atoms with van der Waals surface area (Å²) in [4.78, 5) is 42.5. The fourth-order valence-corrected chi connectivity index (χ4v) is 4.11. The molecule has 2 heterocycles. The molecule has 1 amide bonds. The van der Waals surface area contributed by atoms with Gasteiger partial charge in [-0.25, -0.2) is 9.78 Å². The van der Waals surface area contributed by atoms with Gasteiger partial charge in [0, 0.05) is 18.0 Å². The minimum atomic E-state index is -1.07. The Hall–Kier alpha value is -2.90. The number of anilines is 1. The fraction of sp³-hybridized carbons (Fsp3) is 0.304. The van der Waals surface area contributed by atoms with Crippen molar-refractivity contribution in [2.75, 3.05) is 5.32 Å². The number of esters is 1. The Bertz CT molecular complexity index is 1270. The quantitative estimate of drug-likeness (QED) is 0.558. The smallest absolute Gasteiger partial charge is 0.338 e. The van der Waals surface area contributed by atoms with Crippen LogP contribution in [0.15, 0.2) is 41.2 Å². The number of nitrogens with one attached hydrogen (secondary N) is 1. The highest BCUT2D eigenvalue weighted by Gasteiger charge is 2.21. The fourth-order valence-electron chi connectivity index (χ4n) is 3.65. The van der Waals surface area contributed by atoms with Gasteiger partial charge in [0.25, 0.3) is 11.5 Å². The van der Waals surface area contributed by atoms with Crippen molar-refractivity contribution in [3.05, 3.63) is 68.2 Å². The molecule has 0 aliphatic carbocycles. The second-order valence-electron chi connectivity index (χ2n) is 7.69.